The van der Waals surface area contributed by atoms with E-state index in [0.29, 0.717) is 29.2 Å². The average molecular weight is 317 g/mol. The van der Waals surface area contributed by atoms with Gasteiger partial charge in [0.05, 0.1) is 18.8 Å². The van der Waals surface area contributed by atoms with Gasteiger partial charge in [-0.15, -0.1) is 0 Å². The highest BCUT2D eigenvalue weighted by Gasteiger charge is 2.30. The summed E-state index contributed by atoms with van der Waals surface area (Å²) in [5, 5.41) is 10.6. The molecule has 0 aliphatic carbocycles. The maximum atomic E-state index is 13.0. The minimum atomic E-state index is -0.395. The number of ether oxygens (including phenoxy) is 1. The summed E-state index contributed by atoms with van der Waals surface area (Å²) in [5.74, 6) is 1.44. The Morgan fingerprint density at radius 2 is 2.26 bits per heavy atom. The van der Waals surface area contributed by atoms with E-state index in [4.69, 9.17) is 9.15 Å². The van der Waals surface area contributed by atoms with E-state index in [2.05, 4.69) is 0 Å². The Morgan fingerprint density at radius 3 is 2.96 bits per heavy atom. The highest BCUT2D eigenvalue weighted by Crippen LogP contribution is 2.31. The van der Waals surface area contributed by atoms with Crippen molar-refractivity contribution >= 4 is 16.9 Å². The molecule has 1 fully saturated rings. The van der Waals surface area contributed by atoms with Crippen LogP contribution in [0.25, 0.3) is 11.0 Å². The molecule has 0 bridgehead atoms. The number of fused-ring (bicyclic) bond motifs is 1. The molecule has 23 heavy (non-hydrogen) atoms. The first-order valence-electron chi connectivity index (χ1n) is 8.05. The second kappa shape index (κ2) is 6.24. The van der Waals surface area contributed by atoms with Gasteiger partial charge in [-0.1, -0.05) is 0 Å². The van der Waals surface area contributed by atoms with E-state index in [-0.39, 0.29) is 11.8 Å². The highest BCUT2D eigenvalue weighted by molar-refractivity contribution is 6.07. The number of benzene rings is 1. The maximum Gasteiger partial charge on any atom is 0.258 e. The summed E-state index contributed by atoms with van der Waals surface area (Å²) in [7, 11) is 1.60. The molecular formula is C18H23NO4. The quantitative estimate of drug-likeness (QED) is 0.945. The molecule has 0 radical (unpaired) electrons. The van der Waals surface area contributed by atoms with Gasteiger partial charge in [-0.3, -0.25) is 4.79 Å². The van der Waals surface area contributed by atoms with E-state index in [1.807, 2.05) is 30.0 Å². The van der Waals surface area contributed by atoms with Crippen LogP contribution in [0.5, 0.6) is 5.75 Å². The van der Waals surface area contributed by atoms with Crippen LogP contribution >= 0.6 is 0 Å². The minimum absolute atomic E-state index is 0.0279. The molecule has 1 amide bonds. The number of likely N-dealkylation sites (tertiary alicyclic amines) is 1. The fraction of sp³-hybridized carbons (Fsp3) is 0.500. The molecule has 1 aliphatic heterocycles. The van der Waals surface area contributed by atoms with Gasteiger partial charge >= 0.3 is 0 Å². The van der Waals surface area contributed by atoms with Gasteiger partial charge in [0.15, 0.2) is 0 Å². The summed E-state index contributed by atoms with van der Waals surface area (Å²) in [5.41, 5.74) is 1.29. The standard InChI is InChI=1S/C18H23NO4/c1-11(20)13-5-4-8-19(10-13)18(21)17-12(2)23-16-7-6-14(22-3)9-15(16)17/h6-7,9,11,13,20H,4-5,8,10H2,1-3H3. The Bertz CT molecular complexity index is 719. The molecule has 1 saturated heterocycles. The van der Waals surface area contributed by atoms with Crippen LogP contribution in [0.1, 0.15) is 35.9 Å². The van der Waals surface area contributed by atoms with Gasteiger partial charge in [-0.25, -0.2) is 0 Å². The molecule has 0 spiro atoms. The number of furan rings is 1. The zero-order chi connectivity index (χ0) is 16.6. The molecule has 1 N–H and O–H groups in total. The maximum absolute atomic E-state index is 13.0. The topological polar surface area (TPSA) is 62.9 Å². The lowest BCUT2D eigenvalue weighted by Gasteiger charge is -2.34. The van der Waals surface area contributed by atoms with E-state index < -0.39 is 6.10 Å². The number of nitrogens with zero attached hydrogens (tertiary/aromatic N) is 1. The van der Waals surface area contributed by atoms with Crippen LogP contribution in [-0.4, -0.2) is 42.2 Å². The lowest BCUT2D eigenvalue weighted by Crippen LogP contribution is -2.43. The van der Waals surface area contributed by atoms with E-state index in [1.165, 1.54) is 0 Å². The van der Waals surface area contributed by atoms with Gasteiger partial charge in [-0.2, -0.15) is 0 Å². The number of rotatable bonds is 3. The van der Waals surface area contributed by atoms with E-state index >= 15 is 0 Å². The van der Waals surface area contributed by atoms with E-state index in [9.17, 15) is 9.90 Å². The van der Waals surface area contributed by atoms with Crippen LogP contribution in [0.4, 0.5) is 0 Å². The second-order valence-corrected chi connectivity index (χ2v) is 6.29. The second-order valence-electron chi connectivity index (χ2n) is 6.29. The van der Waals surface area contributed by atoms with Gasteiger partial charge < -0.3 is 19.2 Å². The summed E-state index contributed by atoms with van der Waals surface area (Å²) in [6.07, 6.45) is 1.48. The average Bonchev–Trinajstić information content (AvgIpc) is 2.89. The number of carbonyl (C=O) groups is 1. The van der Waals surface area contributed by atoms with Crippen molar-refractivity contribution in [1.29, 1.82) is 0 Å². The molecule has 1 aliphatic rings. The van der Waals surface area contributed by atoms with Crippen LogP contribution in [0.2, 0.25) is 0 Å². The molecule has 3 rings (SSSR count). The van der Waals surface area contributed by atoms with Crippen molar-refractivity contribution in [3.8, 4) is 5.75 Å². The summed E-state index contributed by atoms with van der Waals surface area (Å²) < 4.78 is 11.0. The van der Waals surface area contributed by atoms with E-state index in [1.54, 1.807) is 14.0 Å². The van der Waals surface area contributed by atoms with Gasteiger partial charge in [0.25, 0.3) is 5.91 Å². The number of piperidine rings is 1. The summed E-state index contributed by atoms with van der Waals surface area (Å²) in [6.45, 7) is 4.92. The van der Waals surface area contributed by atoms with Crippen molar-refractivity contribution in [2.45, 2.75) is 32.8 Å². The van der Waals surface area contributed by atoms with Crippen LogP contribution in [0.3, 0.4) is 0 Å². The van der Waals surface area contributed by atoms with Crippen LogP contribution in [0.15, 0.2) is 22.6 Å². The molecule has 2 atom stereocenters. The predicted molar refractivity (Wildman–Crippen MR) is 87.8 cm³/mol. The SMILES string of the molecule is COc1ccc2oc(C)c(C(=O)N3CCCC(C(C)O)C3)c2c1. The molecule has 2 heterocycles. The van der Waals surface area contributed by atoms with Crippen LogP contribution < -0.4 is 4.74 Å². The normalized spacial score (nSPS) is 19.8. The summed E-state index contributed by atoms with van der Waals surface area (Å²) in [4.78, 5) is 14.8. The number of carbonyl (C=O) groups excluding carboxylic acids is 1. The van der Waals surface area contributed by atoms with Crippen molar-refractivity contribution in [3.63, 3.8) is 0 Å². The molecule has 5 nitrogen and oxygen atoms in total. The van der Waals surface area contributed by atoms with Gasteiger partial charge in [0.1, 0.15) is 17.1 Å². The largest absolute Gasteiger partial charge is 0.497 e. The van der Waals surface area contributed by atoms with Gasteiger partial charge in [0, 0.05) is 24.4 Å². The van der Waals surface area contributed by atoms with Crippen LogP contribution in [-0.2, 0) is 0 Å². The summed E-state index contributed by atoms with van der Waals surface area (Å²) in [6, 6.07) is 5.49. The Hall–Kier alpha value is -2.01. The number of aliphatic hydroxyl groups is 1. The van der Waals surface area contributed by atoms with Crippen molar-refractivity contribution in [3.05, 3.63) is 29.5 Å². The predicted octanol–water partition coefficient (Wildman–Crippen LogP) is 2.98. The van der Waals surface area contributed by atoms with Crippen molar-refractivity contribution in [1.82, 2.24) is 4.90 Å². The third-order valence-electron chi connectivity index (χ3n) is 4.71. The van der Waals surface area contributed by atoms with Gasteiger partial charge in [-0.05, 0) is 44.9 Å². The van der Waals surface area contributed by atoms with Crippen molar-refractivity contribution in [2.75, 3.05) is 20.2 Å². The Balaban J connectivity index is 1.95. The lowest BCUT2D eigenvalue weighted by atomic mass is 9.93. The number of amides is 1. The summed E-state index contributed by atoms with van der Waals surface area (Å²) >= 11 is 0. The molecular weight excluding hydrogens is 294 g/mol. The molecule has 5 heteroatoms. The fourth-order valence-corrected chi connectivity index (χ4v) is 3.34. The molecule has 1 aromatic heterocycles. The zero-order valence-corrected chi connectivity index (χ0v) is 13.8. The molecule has 2 unspecified atom stereocenters. The zero-order valence-electron chi connectivity index (χ0n) is 13.8. The number of aliphatic hydroxyl groups excluding tert-OH is 1. The first-order valence-corrected chi connectivity index (χ1v) is 8.05. The third-order valence-corrected chi connectivity index (χ3v) is 4.71. The number of methoxy groups -OCH3 is 1. The first kappa shape index (κ1) is 15.9. The number of hydrogen-bond donors (Lipinski definition) is 1. The molecule has 124 valence electrons. The van der Waals surface area contributed by atoms with Gasteiger partial charge in [0.2, 0.25) is 0 Å². The molecule has 0 saturated carbocycles. The monoisotopic (exact) mass is 317 g/mol. The number of aryl methyl sites for hydroxylation is 1. The number of hydrogen-bond acceptors (Lipinski definition) is 4. The highest BCUT2D eigenvalue weighted by atomic mass is 16.5. The third kappa shape index (κ3) is 2.93. The Kier molecular flexibility index (Phi) is 4.31. The smallest absolute Gasteiger partial charge is 0.258 e. The van der Waals surface area contributed by atoms with Crippen LogP contribution in [0, 0.1) is 12.8 Å². The Labute approximate surface area is 135 Å². The first-order chi connectivity index (χ1) is 11.0. The fourth-order valence-electron chi connectivity index (χ4n) is 3.34. The lowest BCUT2D eigenvalue weighted by molar-refractivity contribution is 0.0466. The molecule has 2 aromatic rings. The van der Waals surface area contributed by atoms with Crippen molar-refractivity contribution in [2.24, 2.45) is 5.92 Å². The van der Waals surface area contributed by atoms with E-state index in [0.717, 1.165) is 24.8 Å². The minimum Gasteiger partial charge on any atom is -0.497 e. The van der Waals surface area contributed by atoms with Crippen molar-refractivity contribution < 1.29 is 19.1 Å². The Morgan fingerprint density at radius 1 is 1.48 bits per heavy atom. The molecule has 1 aromatic carbocycles.